The van der Waals surface area contributed by atoms with Crippen LogP contribution in [-0.2, 0) is 0 Å². The molecule has 128 valence electrons. The number of halogens is 1. The van der Waals surface area contributed by atoms with E-state index in [0.29, 0.717) is 5.96 Å². The molecule has 0 amide bonds. The van der Waals surface area contributed by atoms with Crippen LogP contribution in [0.1, 0.15) is 47.5 Å². The van der Waals surface area contributed by atoms with Gasteiger partial charge in [0.05, 0.1) is 11.6 Å². The number of hydrogen-bond acceptors (Lipinski definition) is 4. The number of aliphatic imine (C=N–C) groups is 1. The lowest BCUT2D eigenvalue weighted by Crippen LogP contribution is -2.40. The third-order valence-electron chi connectivity index (χ3n) is 5.11. The molecule has 1 fully saturated rings. The Kier molecular flexibility index (Phi) is 4.12. The predicted octanol–water partition coefficient (Wildman–Crippen LogP) is 4.32. The highest BCUT2D eigenvalue weighted by Gasteiger charge is 2.35. The lowest BCUT2D eigenvalue weighted by Gasteiger charge is -2.36. The van der Waals surface area contributed by atoms with E-state index in [1.54, 1.807) is 6.20 Å². The first kappa shape index (κ1) is 16.3. The summed E-state index contributed by atoms with van der Waals surface area (Å²) in [5, 5.41) is 0. The van der Waals surface area contributed by atoms with Crippen molar-refractivity contribution in [2.75, 3.05) is 7.05 Å². The summed E-state index contributed by atoms with van der Waals surface area (Å²) in [6.07, 6.45) is 4.41. The summed E-state index contributed by atoms with van der Waals surface area (Å²) in [6.45, 7) is 4.30. The van der Waals surface area contributed by atoms with E-state index in [9.17, 15) is 0 Å². The predicted molar refractivity (Wildman–Crippen MR) is 104 cm³/mol. The molecule has 2 N–H and O–H groups in total. The fourth-order valence-electron chi connectivity index (χ4n) is 3.43. The number of nitrogens with two attached hydrogens (primary N) is 1. The molecule has 5 heteroatoms. The zero-order valence-corrected chi connectivity index (χ0v) is 15.8. The first-order valence-corrected chi connectivity index (χ1v) is 9.31. The second-order valence-electron chi connectivity index (χ2n) is 6.80. The average molecular weight is 397 g/mol. The van der Waals surface area contributed by atoms with Gasteiger partial charge in [-0.3, -0.25) is 4.98 Å². The van der Waals surface area contributed by atoms with Crippen LogP contribution < -0.4 is 5.73 Å². The Balaban J connectivity index is 1.76. The molecule has 1 aromatic heterocycles. The van der Waals surface area contributed by atoms with Crippen molar-refractivity contribution in [2.45, 2.75) is 30.7 Å². The highest BCUT2D eigenvalue weighted by Crippen LogP contribution is 2.44. The van der Waals surface area contributed by atoms with Crippen LogP contribution in [0.5, 0.6) is 0 Å². The maximum atomic E-state index is 6.12. The van der Waals surface area contributed by atoms with Gasteiger partial charge in [-0.1, -0.05) is 46.8 Å². The van der Waals surface area contributed by atoms with E-state index < -0.39 is 0 Å². The first-order chi connectivity index (χ1) is 12.0. The standard InChI is InChI=1S/C20H21BrN4/c1-12-18(15-7-5-14(6-8-15)13-3-4-13)19(24-20(22)25(12)2)17-11-16(21)9-10-23-17/h5-11,13,18-19H,1,3-4H2,2H3,(H2,22,24)/t18-,19?/m1/s1. The zero-order valence-electron chi connectivity index (χ0n) is 14.2. The van der Waals surface area contributed by atoms with Gasteiger partial charge in [0, 0.05) is 23.4 Å². The van der Waals surface area contributed by atoms with E-state index in [1.807, 2.05) is 24.1 Å². The van der Waals surface area contributed by atoms with Gasteiger partial charge >= 0.3 is 0 Å². The maximum absolute atomic E-state index is 6.12. The third-order valence-corrected chi connectivity index (χ3v) is 5.60. The van der Waals surface area contributed by atoms with Crippen molar-refractivity contribution in [3.8, 4) is 0 Å². The van der Waals surface area contributed by atoms with Crippen LogP contribution in [-0.4, -0.2) is 22.9 Å². The number of pyridine rings is 1. The molecule has 2 aliphatic rings. The summed E-state index contributed by atoms with van der Waals surface area (Å²) in [6, 6.07) is 12.7. The number of rotatable bonds is 3. The molecular formula is C20H21BrN4. The zero-order chi connectivity index (χ0) is 17.6. The molecule has 4 rings (SSSR count). The molecule has 2 atom stereocenters. The molecule has 0 bridgehead atoms. The summed E-state index contributed by atoms with van der Waals surface area (Å²) >= 11 is 3.53. The molecule has 0 saturated heterocycles. The van der Waals surface area contributed by atoms with Crippen molar-refractivity contribution in [3.63, 3.8) is 0 Å². The summed E-state index contributed by atoms with van der Waals surface area (Å²) in [4.78, 5) is 11.1. The molecular weight excluding hydrogens is 376 g/mol. The van der Waals surface area contributed by atoms with Crippen LogP contribution in [0.2, 0.25) is 0 Å². The summed E-state index contributed by atoms with van der Waals surface area (Å²) in [5.41, 5.74) is 10.6. The molecule has 25 heavy (non-hydrogen) atoms. The lowest BCUT2D eigenvalue weighted by molar-refractivity contribution is 0.451. The van der Waals surface area contributed by atoms with Crippen LogP contribution in [0.4, 0.5) is 0 Å². The van der Waals surface area contributed by atoms with Crippen molar-refractivity contribution in [1.82, 2.24) is 9.88 Å². The molecule has 1 unspecified atom stereocenters. The molecule has 4 nitrogen and oxygen atoms in total. The van der Waals surface area contributed by atoms with Gasteiger partial charge in [0.25, 0.3) is 0 Å². The van der Waals surface area contributed by atoms with E-state index in [4.69, 9.17) is 10.7 Å². The van der Waals surface area contributed by atoms with Gasteiger partial charge < -0.3 is 10.6 Å². The molecule has 0 radical (unpaired) electrons. The topological polar surface area (TPSA) is 54.5 Å². The Morgan fingerprint density at radius 1 is 1.16 bits per heavy atom. The van der Waals surface area contributed by atoms with E-state index in [1.165, 1.54) is 24.0 Å². The number of guanidine groups is 1. The van der Waals surface area contributed by atoms with Crippen LogP contribution in [0.15, 0.2) is 64.3 Å². The Morgan fingerprint density at radius 3 is 2.48 bits per heavy atom. The van der Waals surface area contributed by atoms with Crippen molar-refractivity contribution < 1.29 is 0 Å². The number of likely N-dealkylation sites (N-methyl/N-ethyl adjacent to an activating group) is 1. The minimum absolute atomic E-state index is 0.0207. The normalized spacial score (nSPS) is 23.5. The summed E-state index contributed by atoms with van der Waals surface area (Å²) in [5.74, 6) is 1.25. The highest BCUT2D eigenvalue weighted by molar-refractivity contribution is 9.10. The second kappa shape index (κ2) is 6.30. The monoisotopic (exact) mass is 396 g/mol. The molecule has 0 spiro atoms. The number of aromatic nitrogens is 1. The molecule has 2 heterocycles. The Morgan fingerprint density at radius 2 is 1.84 bits per heavy atom. The van der Waals surface area contributed by atoms with Crippen LogP contribution >= 0.6 is 15.9 Å². The van der Waals surface area contributed by atoms with Crippen LogP contribution in [0.25, 0.3) is 0 Å². The van der Waals surface area contributed by atoms with Crippen molar-refractivity contribution in [3.05, 3.63) is 76.2 Å². The van der Waals surface area contributed by atoms with Crippen molar-refractivity contribution >= 4 is 21.9 Å². The van der Waals surface area contributed by atoms with E-state index in [-0.39, 0.29) is 12.0 Å². The van der Waals surface area contributed by atoms with E-state index in [0.717, 1.165) is 21.8 Å². The van der Waals surface area contributed by atoms with Crippen molar-refractivity contribution in [2.24, 2.45) is 10.7 Å². The number of hydrogen-bond donors (Lipinski definition) is 1. The lowest BCUT2D eigenvalue weighted by atomic mass is 9.85. The minimum Gasteiger partial charge on any atom is -0.370 e. The SMILES string of the molecule is C=C1[C@H](c2ccc(C3CC3)cc2)C(c2cc(Br)ccn2)N=C(N)N1C. The Labute approximate surface area is 156 Å². The summed E-state index contributed by atoms with van der Waals surface area (Å²) < 4.78 is 0.985. The maximum Gasteiger partial charge on any atom is 0.196 e. The minimum atomic E-state index is -0.173. The molecule has 1 aromatic carbocycles. The second-order valence-corrected chi connectivity index (χ2v) is 7.72. The average Bonchev–Trinajstić information content (AvgIpc) is 3.45. The summed E-state index contributed by atoms with van der Waals surface area (Å²) in [7, 11) is 1.91. The number of nitrogens with zero attached hydrogens (tertiary/aromatic N) is 3. The molecule has 2 aromatic rings. The van der Waals surface area contributed by atoms with E-state index in [2.05, 4.69) is 51.8 Å². The van der Waals surface area contributed by atoms with Gasteiger partial charge in [-0.05, 0) is 42.0 Å². The van der Waals surface area contributed by atoms with E-state index >= 15 is 0 Å². The molecule has 1 aliphatic heterocycles. The fourth-order valence-corrected chi connectivity index (χ4v) is 3.78. The van der Waals surface area contributed by atoms with Gasteiger partial charge in [-0.15, -0.1) is 0 Å². The van der Waals surface area contributed by atoms with Gasteiger partial charge in [0.15, 0.2) is 5.96 Å². The Hall–Kier alpha value is -2.14. The molecule has 1 saturated carbocycles. The smallest absolute Gasteiger partial charge is 0.196 e. The van der Waals surface area contributed by atoms with Gasteiger partial charge in [-0.25, -0.2) is 4.99 Å². The largest absolute Gasteiger partial charge is 0.370 e. The number of benzene rings is 1. The highest BCUT2D eigenvalue weighted by atomic mass is 79.9. The quantitative estimate of drug-likeness (QED) is 0.839. The van der Waals surface area contributed by atoms with Gasteiger partial charge in [-0.2, -0.15) is 0 Å². The van der Waals surface area contributed by atoms with Crippen LogP contribution in [0, 0.1) is 0 Å². The fraction of sp³-hybridized carbons (Fsp3) is 0.300. The van der Waals surface area contributed by atoms with Crippen molar-refractivity contribution in [1.29, 1.82) is 0 Å². The first-order valence-electron chi connectivity index (χ1n) is 8.51. The Bertz CT molecular complexity index is 839. The van der Waals surface area contributed by atoms with Gasteiger partial charge in [0.1, 0.15) is 6.04 Å². The van der Waals surface area contributed by atoms with Crippen LogP contribution in [0.3, 0.4) is 0 Å². The molecule has 1 aliphatic carbocycles. The van der Waals surface area contributed by atoms with Gasteiger partial charge in [0.2, 0.25) is 0 Å². The third kappa shape index (κ3) is 3.09.